The molecule has 11 nitrogen and oxygen atoms in total. The minimum absolute atomic E-state index is 0. The molecule has 2 aromatic heterocycles. The summed E-state index contributed by atoms with van der Waals surface area (Å²) in [5, 5.41) is 28.7. The molecule has 12 heteroatoms. The number of anilines is 1. The Morgan fingerprint density at radius 1 is 1.41 bits per heavy atom. The molecule has 1 aliphatic rings. The van der Waals surface area contributed by atoms with Gasteiger partial charge in [-0.05, 0) is 0 Å². The number of aromatic nitrogens is 4. The summed E-state index contributed by atoms with van der Waals surface area (Å²) in [5.41, 5.74) is 5.12. The number of fused-ring (bicyclic) bond motifs is 1. The summed E-state index contributed by atoms with van der Waals surface area (Å²) in [5.74, 6) is -0.101. The van der Waals surface area contributed by atoms with Crippen molar-refractivity contribution in [1.29, 1.82) is 0 Å². The van der Waals surface area contributed by atoms with Crippen molar-refractivity contribution in [3.63, 3.8) is 0 Å². The molecule has 1 saturated heterocycles. The maximum absolute atomic E-state index is 11.7. The van der Waals surface area contributed by atoms with Crippen molar-refractivity contribution in [1.82, 2.24) is 19.5 Å². The predicted octanol–water partition coefficient (Wildman–Crippen LogP) is -3.09. The van der Waals surface area contributed by atoms with E-state index in [1.54, 1.807) is 0 Å². The summed E-state index contributed by atoms with van der Waals surface area (Å²) >= 11 is 0. The Labute approximate surface area is 129 Å². The van der Waals surface area contributed by atoms with E-state index >= 15 is 0 Å². The van der Waals surface area contributed by atoms with Crippen molar-refractivity contribution < 1.29 is 25.5 Å². The highest BCUT2D eigenvalue weighted by atomic mass is 35.5. The topological polar surface area (TPSA) is 191 Å². The molecule has 4 atom stereocenters. The van der Waals surface area contributed by atoms with Gasteiger partial charge >= 0.3 is 0 Å². The number of H-pyrrole nitrogens is 1. The lowest BCUT2D eigenvalue weighted by molar-refractivity contribution is -0.0511. The minimum atomic E-state index is -1.29. The number of nitrogens with one attached hydrogen (secondary N) is 1. The quantitative estimate of drug-likeness (QED) is 0.380. The highest BCUT2D eigenvalue weighted by Crippen LogP contribution is 2.30. The largest absolute Gasteiger partial charge is 0.412 e. The zero-order chi connectivity index (χ0) is 14.4. The first-order valence-corrected chi connectivity index (χ1v) is 5.87. The first kappa shape index (κ1) is 18.3. The molecule has 0 radical (unpaired) electrons. The number of nitrogens with zero attached hydrogens (tertiary/aromatic N) is 3. The molecule has 0 aliphatic carbocycles. The summed E-state index contributed by atoms with van der Waals surface area (Å²) < 4.78 is 6.64. The van der Waals surface area contributed by atoms with Crippen LogP contribution in [0.15, 0.2) is 11.1 Å². The number of aliphatic hydroxyl groups excluding tert-OH is 3. The van der Waals surface area contributed by atoms with E-state index in [0.29, 0.717) is 0 Å². The molecule has 3 heterocycles. The van der Waals surface area contributed by atoms with Crippen LogP contribution in [0.3, 0.4) is 0 Å². The maximum atomic E-state index is 11.7. The third-order valence-corrected chi connectivity index (χ3v) is 3.24. The molecule has 1 aliphatic heterocycles. The second-order valence-electron chi connectivity index (χ2n) is 4.50. The third kappa shape index (κ3) is 2.65. The molecule has 0 bridgehead atoms. The number of aliphatic hydroxyl groups is 3. The van der Waals surface area contributed by atoms with Gasteiger partial charge in [0, 0.05) is 0 Å². The second-order valence-corrected chi connectivity index (χ2v) is 4.50. The molecule has 0 saturated carbocycles. The number of ether oxygens (including phenoxy) is 1. The molecule has 3 rings (SSSR count). The highest BCUT2D eigenvalue weighted by Gasteiger charge is 2.44. The number of imidazole rings is 1. The van der Waals surface area contributed by atoms with E-state index in [1.165, 1.54) is 10.9 Å². The molecule has 0 spiro atoms. The summed E-state index contributed by atoms with van der Waals surface area (Å²) in [7, 11) is 0. The summed E-state index contributed by atoms with van der Waals surface area (Å²) in [6.45, 7) is -0.447. The SMILES string of the molecule is Cl.Nc1nc2c(ncn2[C@@H]2O[C@H](CO)[C@@H](O)[C@H]2O)c(=O)[nH]1.O. The predicted molar refractivity (Wildman–Crippen MR) is 76.4 cm³/mol. The number of hydrogen-bond acceptors (Lipinski definition) is 8. The Hall–Kier alpha value is -1.76. The average molecular weight is 338 g/mol. The Morgan fingerprint density at radius 3 is 2.68 bits per heavy atom. The zero-order valence-electron chi connectivity index (χ0n) is 11.1. The zero-order valence-corrected chi connectivity index (χ0v) is 11.9. The summed E-state index contributed by atoms with van der Waals surface area (Å²) in [6.07, 6.45) is -3.21. The van der Waals surface area contributed by atoms with Gasteiger partial charge in [0.1, 0.15) is 18.3 Å². The van der Waals surface area contributed by atoms with Gasteiger partial charge in [-0.25, -0.2) is 4.98 Å². The molecular formula is C10H16ClN5O6. The van der Waals surface area contributed by atoms with Crippen molar-refractivity contribution in [3.05, 3.63) is 16.7 Å². The van der Waals surface area contributed by atoms with Crippen molar-refractivity contribution in [2.24, 2.45) is 0 Å². The van der Waals surface area contributed by atoms with E-state index in [2.05, 4.69) is 15.0 Å². The van der Waals surface area contributed by atoms with Crippen molar-refractivity contribution in [2.75, 3.05) is 12.3 Å². The smallest absolute Gasteiger partial charge is 0.280 e. The fourth-order valence-corrected chi connectivity index (χ4v) is 2.24. The van der Waals surface area contributed by atoms with Gasteiger partial charge in [0.05, 0.1) is 12.9 Å². The monoisotopic (exact) mass is 337 g/mol. The number of halogens is 1. The fraction of sp³-hybridized carbons (Fsp3) is 0.500. The van der Waals surface area contributed by atoms with Crippen LogP contribution in [0.1, 0.15) is 6.23 Å². The van der Waals surface area contributed by atoms with E-state index in [4.69, 9.17) is 15.6 Å². The lowest BCUT2D eigenvalue weighted by Crippen LogP contribution is -2.33. The van der Waals surface area contributed by atoms with Crippen LogP contribution < -0.4 is 11.3 Å². The Morgan fingerprint density at radius 2 is 2.09 bits per heavy atom. The van der Waals surface area contributed by atoms with Crippen molar-refractivity contribution in [2.45, 2.75) is 24.5 Å². The van der Waals surface area contributed by atoms with Crippen LogP contribution >= 0.6 is 12.4 Å². The number of nitrogen functional groups attached to an aromatic ring is 1. The fourth-order valence-electron chi connectivity index (χ4n) is 2.24. The van der Waals surface area contributed by atoms with E-state index < -0.39 is 36.7 Å². The molecule has 0 aromatic carbocycles. The molecule has 22 heavy (non-hydrogen) atoms. The van der Waals surface area contributed by atoms with E-state index in [-0.39, 0.29) is 35.0 Å². The maximum Gasteiger partial charge on any atom is 0.280 e. The lowest BCUT2D eigenvalue weighted by Gasteiger charge is -2.16. The average Bonchev–Trinajstić information content (AvgIpc) is 2.93. The van der Waals surface area contributed by atoms with Crippen molar-refractivity contribution >= 4 is 29.5 Å². The van der Waals surface area contributed by atoms with Crippen LogP contribution in [0, 0.1) is 0 Å². The third-order valence-electron chi connectivity index (χ3n) is 3.24. The van der Waals surface area contributed by atoms with E-state index in [0.717, 1.165) is 0 Å². The Bertz CT molecular complexity index is 705. The van der Waals surface area contributed by atoms with Crippen LogP contribution in [0.4, 0.5) is 5.95 Å². The van der Waals surface area contributed by atoms with Gasteiger partial charge in [0.25, 0.3) is 5.56 Å². The number of rotatable bonds is 2. The first-order valence-electron chi connectivity index (χ1n) is 5.87. The van der Waals surface area contributed by atoms with Gasteiger partial charge in [-0.3, -0.25) is 14.3 Å². The molecule has 124 valence electrons. The Balaban J connectivity index is 0.00000121. The van der Waals surface area contributed by atoms with Gasteiger partial charge in [-0.1, -0.05) is 0 Å². The number of hydrogen-bond donors (Lipinski definition) is 5. The lowest BCUT2D eigenvalue weighted by atomic mass is 10.1. The van der Waals surface area contributed by atoms with Crippen LogP contribution in [-0.4, -0.2) is 65.2 Å². The van der Waals surface area contributed by atoms with Crippen LogP contribution in [0.5, 0.6) is 0 Å². The summed E-state index contributed by atoms with van der Waals surface area (Å²) in [6, 6.07) is 0. The van der Waals surface area contributed by atoms with Gasteiger partial charge in [-0.15, -0.1) is 12.4 Å². The molecule has 1 fully saturated rings. The van der Waals surface area contributed by atoms with Gasteiger partial charge in [0.2, 0.25) is 5.95 Å². The second kappa shape index (κ2) is 6.56. The minimum Gasteiger partial charge on any atom is -0.412 e. The van der Waals surface area contributed by atoms with Crippen LogP contribution in [-0.2, 0) is 4.74 Å². The van der Waals surface area contributed by atoms with Gasteiger partial charge in [-0.2, -0.15) is 4.98 Å². The highest BCUT2D eigenvalue weighted by molar-refractivity contribution is 5.85. The molecule has 0 unspecified atom stereocenters. The molecule has 2 aromatic rings. The number of nitrogens with two attached hydrogens (primary N) is 1. The van der Waals surface area contributed by atoms with E-state index in [1.807, 2.05) is 0 Å². The molecule has 8 N–H and O–H groups in total. The summed E-state index contributed by atoms with van der Waals surface area (Å²) in [4.78, 5) is 21.8. The van der Waals surface area contributed by atoms with E-state index in [9.17, 15) is 15.0 Å². The number of aromatic amines is 1. The molecule has 0 amide bonds. The van der Waals surface area contributed by atoms with Crippen LogP contribution in [0.25, 0.3) is 11.2 Å². The van der Waals surface area contributed by atoms with Crippen LogP contribution in [0.2, 0.25) is 0 Å². The van der Waals surface area contributed by atoms with Gasteiger partial charge in [0.15, 0.2) is 17.4 Å². The van der Waals surface area contributed by atoms with Crippen molar-refractivity contribution in [3.8, 4) is 0 Å². The Kier molecular flexibility index (Phi) is 5.45. The molecular weight excluding hydrogens is 322 g/mol. The standard InChI is InChI=1S/C10H13N5O5.ClH.H2O/c11-10-13-7-4(8(19)14-10)12-2-15(7)9-6(18)5(17)3(1-16)20-9;;/h2-3,5-6,9,16-18H,1H2,(H3,11,13,14,19);1H;1H2/t3-,5-,6-,9-;;/m1../s1. The van der Waals surface area contributed by atoms with Gasteiger partial charge < -0.3 is 31.3 Å². The normalized spacial score (nSPS) is 27.4. The first-order chi connectivity index (χ1) is 9.52.